The molecule has 1 aliphatic heterocycles. The molecule has 12 heavy (non-hydrogen) atoms. The van der Waals surface area contributed by atoms with Gasteiger partial charge < -0.3 is 4.74 Å². The summed E-state index contributed by atoms with van der Waals surface area (Å²) in [7, 11) is 0. The molecular weight excluding hydrogens is 152 g/mol. The van der Waals surface area contributed by atoms with Crippen molar-refractivity contribution in [3.8, 4) is 6.07 Å². The quantitative estimate of drug-likeness (QED) is 0.586. The highest BCUT2D eigenvalue weighted by Crippen LogP contribution is 2.16. The Morgan fingerprint density at radius 2 is 2.25 bits per heavy atom. The largest absolute Gasteiger partial charge is 0.376 e. The topological polar surface area (TPSA) is 36.3 Å². The number of rotatable bonds is 1. The lowest BCUT2D eigenvalue weighted by Gasteiger charge is -2.38. The summed E-state index contributed by atoms with van der Waals surface area (Å²) in [6.45, 7) is 8.41. The Hall–Kier alpha value is -0.590. The lowest BCUT2D eigenvalue weighted by atomic mass is 10.0. The van der Waals surface area contributed by atoms with Crippen LogP contribution in [-0.2, 0) is 4.74 Å². The SMILES string of the molecule is CC1CN(C(C)(C)C#N)CCO1. The van der Waals surface area contributed by atoms with Crippen LogP contribution in [0.5, 0.6) is 0 Å². The molecule has 0 N–H and O–H groups in total. The Bertz CT molecular complexity index is 195. The van der Waals surface area contributed by atoms with Crippen molar-refractivity contribution in [2.24, 2.45) is 0 Å². The van der Waals surface area contributed by atoms with Crippen LogP contribution in [0.3, 0.4) is 0 Å². The average Bonchev–Trinajstić information content (AvgIpc) is 2.05. The Kier molecular flexibility index (Phi) is 2.71. The van der Waals surface area contributed by atoms with Gasteiger partial charge in [0.25, 0.3) is 0 Å². The van der Waals surface area contributed by atoms with Crippen molar-refractivity contribution in [3.05, 3.63) is 0 Å². The number of hydrogen-bond donors (Lipinski definition) is 0. The second-order valence-electron chi connectivity index (χ2n) is 3.80. The molecule has 0 radical (unpaired) electrons. The van der Waals surface area contributed by atoms with Crippen molar-refractivity contribution in [2.45, 2.75) is 32.4 Å². The van der Waals surface area contributed by atoms with Gasteiger partial charge in [0.15, 0.2) is 0 Å². The van der Waals surface area contributed by atoms with Crippen LogP contribution in [0.4, 0.5) is 0 Å². The van der Waals surface area contributed by atoms with E-state index in [-0.39, 0.29) is 11.6 Å². The summed E-state index contributed by atoms with van der Waals surface area (Å²) >= 11 is 0. The summed E-state index contributed by atoms with van der Waals surface area (Å²) in [6.07, 6.45) is 0.256. The fraction of sp³-hybridized carbons (Fsp3) is 0.889. The molecule has 3 nitrogen and oxygen atoms in total. The maximum atomic E-state index is 8.90. The van der Waals surface area contributed by atoms with E-state index in [4.69, 9.17) is 10.00 Å². The van der Waals surface area contributed by atoms with Gasteiger partial charge >= 0.3 is 0 Å². The minimum atomic E-state index is -0.349. The summed E-state index contributed by atoms with van der Waals surface area (Å²) in [5, 5.41) is 8.90. The minimum absolute atomic E-state index is 0.256. The Morgan fingerprint density at radius 3 is 2.75 bits per heavy atom. The van der Waals surface area contributed by atoms with Gasteiger partial charge in [-0.15, -0.1) is 0 Å². The summed E-state index contributed by atoms with van der Waals surface area (Å²) in [5.74, 6) is 0. The molecular formula is C9H16N2O. The van der Waals surface area contributed by atoms with Crippen LogP contribution in [0.1, 0.15) is 20.8 Å². The number of ether oxygens (including phenoxy) is 1. The second kappa shape index (κ2) is 3.42. The number of morpholine rings is 1. The van der Waals surface area contributed by atoms with Crippen LogP contribution in [0.15, 0.2) is 0 Å². The summed E-state index contributed by atoms with van der Waals surface area (Å²) in [5.41, 5.74) is -0.349. The first-order valence-corrected chi connectivity index (χ1v) is 4.34. The normalized spacial score (nSPS) is 26.7. The van der Waals surface area contributed by atoms with Crippen LogP contribution in [-0.4, -0.2) is 36.2 Å². The van der Waals surface area contributed by atoms with Crippen LogP contribution in [0.2, 0.25) is 0 Å². The number of nitriles is 1. The van der Waals surface area contributed by atoms with Crippen LogP contribution in [0, 0.1) is 11.3 Å². The predicted molar refractivity (Wildman–Crippen MR) is 46.7 cm³/mol. The van der Waals surface area contributed by atoms with Gasteiger partial charge in [0.2, 0.25) is 0 Å². The summed E-state index contributed by atoms with van der Waals surface area (Å²) in [6, 6.07) is 2.30. The third-order valence-corrected chi connectivity index (χ3v) is 2.31. The Balaban J connectivity index is 2.58. The van der Waals surface area contributed by atoms with E-state index >= 15 is 0 Å². The molecule has 68 valence electrons. The molecule has 0 aromatic heterocycles. The predicted octanol–water partition coefficient (Wildman–Crippen LogP) is 1.01. The molecule has 1 rings (SSSR count). The van der Waals surface area contributed by atoms with E-state index in [1.807, 2.05) is 20.8 Å². The van der Waals surface area contributed by atoms with Gasteiger partial charge in [-0.2, -0.15) is 5.26 Å². The van der Waals surface area contributed by atoms with Crippen molar-refractivity contribution in [1.29, 1.82) is 5.26 Å². The second-order valence-corrected chi connectivity index (χ2v) is 3.80. The lowest BCUT2D eigenvalue weighted by molar-refractivity contribution is -0.0415. The van der Waals surface area contributed by atoms with E-state index in [1.54, 1.807) is 0 Å². The molecule has 0 amide bonds. The van der Waals surface area contributed by atoms with Gasteiger partial charge in [0, 0.05) is 13.1 Å². The zero-order valence-corrected chi connectivity index (χ0v) is 8.00. The highest BCUT2D eigenvalue weighted by Gasteiger charge is 2.29. The molecule has 0 aromatic carbocycles. The summed E-state index contributed by atoms with van der Waals surface area (Å²) in [4.78, 5) is 2.17. The zero-order valence-electron chi connectivity index (χ0n) is 8.00. The monoisotopic (exact) mass is 168 g/mol. The van der Waals surface area contributed by atoms with Crippen molar-refractivity contribution in [3.63, 3.8) is 0 Å². The molecule has 1 aliphatic rings. The fourth-order valence-electron chi connectivity index (χ4n) is 1.40. The Morgan fingerprint density at radius 1 is 1.58 bits per heavy atom. The zero-order chi connectivity index (χ0) is 9.19. The van der Waals surface area contributed by atoms with Crippen LogP contribution >= 0.6 is 0 Å². The van der Waals surface area contributed by atoms with E-state index in [2.05, 4.69) is 11.0 Å². The molecule has 1 atom stereocenters. The van der Waals surface area contributed by atoms with Crippen LogP contribution in [0.25, 0.3) is 0 Å². The molecule has 1 fully saturated rings. The standard InChI is InChI=1S/C9H16N2O/c1-8-6-11(4-5-12-8)9(2,3)7-10/h8H,4-6H2,1-3H3. The summed E-state index contributed by atoms with van der Waals surface area (Å²) < 4.78 is 5.40. The van der Waals surface area contributed by atoms with E-state index in [0.29, 0.717) is 0 Å². The van der Waals surface area contributed by atoms with Gasteiger partial charge in [-0.25, -0.2) is 0 Å². The molecule has 1 heterocycles. The molecule has 0 bridgehead atoms. The molecule has 0 spiro atoms. The molecule has 0 saturated carbocycles. The van der Waals surface area contributed by atoms with Crippen molar-refractivity contribution in [1.82, 2.24) is 4.90 Å². The minimum Gasteiger partial charge on any atom is -0.376 e. The molecule has 0 aliphatic carbocycles. The molecule has 1 unspecified atom stereocenters. The highest BCUT2D eigenvalue weighted by molar-refractivity contribution is 5.02. The van der Waals surface area contributed by atoms with Crippen molar-refractivity contribution >= 4 is 0 Å². The molecule has 0 aromatic rings. The molecule has 1 saturated heterocycles. The van der Waals surface area contributed by atoms with Crippen LogP contribution < -0.4 is 0 Å². The first kappa shape index (κ1) is 9.50. The van der Waals surface area contributed by atoms with Crippen molar-refractivity contribution < 1.29 is 4.74 Å². The van der Waals surface area contributed by atoms with Crippen molar-refractivity contribution in [2.75, 3.05) is 19.7 Å². The average molecular weight is 168 g/mol. The van der Waals surface area contributed by atoms with Gasteiger partial charge in [-0.3, -0.25) is 4.90 Å². The fourth-order valence-corrected chi connectivity index (χ4v) is 1.40. The van der Waals surface area contributed by atoms with E-state index in [1.165, 1.54) is 0 Å². The first-order chi connectivity index (χ1) is 5.56. The van der Waals surface area contributed by atoms with Gasteiger partial charge in [-0.1, -0.05) is 0 Å². The lowest BCUT2D eigenvalue weighted by Crippen LogP contribution is -2.51. The smallest absolute Gasteiger partial charge is 0.103 e. The highest BCUT2D eigenvalue weighted by atomic mass is 16.5. The van der Waals surface area contributed by atoms with E-state index < -0.39 is 0 Å². The third-order valence-electron chi connectivity index (χ3n) is 2.31. The van der Waals surface area contributed by atoms with Gasteiger partial charge in [-0.05, 0) is 20.8 Å². The molecule has 3 heteroatoms. The maximum absolute atomic E-state index is 8.90. The van der Waals surface area contributed by atoms with E-state index in [0.717, 1.165) is 19.7 Å². The van der Waals surface area contributed by atoms with Gasteiger partial charge in [0.05, 0.1) is 18.8 Å². The maximum Gasteiger partial charge on any atom is 0.103 e. The Labute approximate surface area is 73.9 Å². The number of nitrogens with zero attached hydrogens (tertiary/aromatic N) is 2. The van der Waals surface area contributed by atoms with E-state index in [9.17, 15) is 0 Å². The first-order valence-electron chi connectivity index (χ1n) is 4.34. The number of hydrogen-bond acceptors (Lipinski definition) is 3. The van der Waals surface area contributed by atoms with Gasteiger partial charge in [0.1, 0.15) is 5.54 Å². The third kappa shape index (κ3) is 1.96.